The first-order chi connectivity index (χ1) is 14.5. The second kappa shape index (κ2) is 9.87. The van der Waals surface area contributed by atoms with Crippen LogP contribution >= 0.6 is 11.6 Å². The number of benzene rings is 1. The van der Waals surface area contributed by atoms with Gasteiger partial charge in [0, 0.05) is 23.3 Å². The maximum absolute atomic E-state index is 12.9. The van der Waals surface area contributed by atoms with E-state index in [9.17, 15) is 14.7 Å². The predicted octanol–water partition coefficient (Wildman–Crippen LogP) is 3.89. The molecule has 0 aliphatic carbocycles. The lowest BCUT2D eigenvalue weighted by Crippen LogP contribution is -2.33. The van der Waals surface area contributed by atoms with Gasteiger partial charge >= 0.3 is 0 Å². The minimum Gasteiger partial charge on any atom is -0.507 e. The van der Waals surface area contributed by atoms with Gasteiger partial charge in [-0.25, -0.2) is 0 Å². The Hall–Kier alpha value is -2.70. The second-order valence-corrected chi connectivity index (χ2v) is 7.57. The van der Waals surface area contributed by atoms with E-state index in [-0.39, 0.29) is 11.3 Å². The Kier molecular flexibility index (Phi) is 7.24. The molecule has 1 fully saturated rings. The van der Waals surface area contributed by atoms with Gasteiger partial charge in [0.1, 0.15) is 11.8 Å². The van der Waals surface area contributed by atoms with Gasteiger partial charge in [0.15, 0.2) is 0 Å². The lowest BCUT2D eigenvalue weighted by Gasteiger charge is -2.26. The van der Waals surface area contributed by atoms with Crippen LogP contribution in [0.25, 0.3) is 5.76 Å². The normalized spacial score (nSPS) is 18.4. The molecule has 30 heavy (non-hydrogen) atoms. The fraction of sp³-hybridized carbons (Fsp3) is 0.348. The van der Waals surface area contributed by atoms with Crippen LogP contribution in [0.2, 0.25) is 5.02 Å². The molecule has 1 saturated heterocycles. The van der Waals surface area contributed by atoms with Gasteiger partial charge in [-0.1, -0.05) is 31.5 Å². The van der Waals surface area contributed by atoms with Crippen molar-refractivity contribution in [3.63, 3.8) is 0 Å². The summed E-state index contributed by atoms with van der Waals surface area (Å²) in [6, 6.07) is 11.1. The number of carbonyl (C=O) groups excluding carboxylic acids is 2. The van der Waals surface area contributed by atoms with E-state index < -0.39 is 17.7 Å². The summed E-state index contributed by atoms with van der Waals surface area (Å²) in [7, 11) is 0. The summed E-state index contributed by atoms with van der Waals surface area (Å²) in [5, 5.41) is 11.5. The third kappa shape index (κ3) is 4.55. The summed E-state index contributed by atoms with van der Waals surface area (Å²) in [5.41, 5.74) is 1.04. The van der Waals surface area contributed by atoms with E-state index in [0.717, 1.165) is 26.1 Å². The van der Waals surface area contributed by atoms with Crippen LogP contribution in [0.1, 0.15) is 37.6 Å². The van der Waals surface area contributed by atoms with Crippen molar-refractivity contribution in [2.24, 2.45) is 0 Å². The van der Waals surface area contributed by atoms with Gasteiger partial charge in [0.05, 0.1) is 11.3 Å². The number of amides is 1. The molecule has 0 bridgehead atoms. The molecule has 6 nitrogen and oxygen atoms in total. The van der Waals surface area contributed by atoms with Crippen LogP contribution in [0.4, 0.5) is 0 Å². The second-order valence-electron chi connectivity index (χ2n) is 7.13. The molecular formula is C23H26ClN3O3. The zero-order valence-corrected chi connectivity index (χ0v) is 18.0. The third-order valence-corrected chi connectivity index (χ3v) is 5.65. The van der Waals surface area contributed by atoms with Gasteiger partial charge < -0.3 is 14.9 Å². The number of halogens is 1. The van der Waals surface area contributed by atoms with E-state index in [1.807, 2.05) is 0 Å². The molecule has 158 valence electrons. The molecule has 0 saturated carbocycles. The first kappa shape index (κ1) is 22.0. The lowest BCUT2D eigenvalue weighted by molar-refractivity contribution is -0.140. The Labute approximate surface area is 181 Å². The molecule has 0 unspecified atom stereocenters. The fourth-order valence-corrected chi connectivity index (χ4v) is 3.85. The number of hydrogen-bond acceptors (Lipinski definition) is 5. The average molecular weight is 428 g/mol. The van der Waals surface area contributed by atoms with Gasteiger partial charge in [0.25, 0.3) is 11.7 Å². The van der Waals surface area contributed by atoms with Crippen LogP contribution in [0.15, 0.2) is 54.2 Å². The standard InChI is InChI=1S/C23H26ClN3O3/c1-3-26(4-2)14-7-15-27-20(18-8-5-6-13-25-18)19(22(29)23(27)30)21(28)16-9-11-17(24)12-10-16/h5-6,8-13,20,28H,3-4,7,14-15H2,1-2H3/b21-19+/t20-/m0/s1. The van der Waals surface area contributed by atoms with E-state index in [2.05, 4.69) is 23.7 Å². The van der Waals surface area contributed by atoms with Crippen LogP contribution < -0.4 is 0 Å². The van der Waals surface area contributed by atoms with Crippen LogP contribution in [0, 0.1) is 0 Å². The number of aliphatic hydroxyl groups excluding tert-OH is 1. The molecular weight excluding hydrogens is 402 g/mol. The Bertz CT molecular complexity index is 924. The molecule has 0 spiro atoms. The molecule has 0 radical (unpaired) electrons. The zero-order valence-electron chi connectivity index (χ0n) is 17.2. The molecule has 1 aliphatic rings. The highest BCUT2D eigenvalue weighted by Gasteiger charge is 2.46. The van der Waals surface area contributed by atoms with Crippen molar-refractivity contribution in [3.05, 3.63) is 70.5 Å². The molecule has 3 rings (SSSR count). The highest BCUT2D eigenvalue weighted by molar-refractivity contribution is 6.46. The summed E-state index contributed by atoms with van der Waals surface area (Å²) in [6.07, 6.45) is 2.34. The molecule has 1 aromatic carbocycles. The van der Waals surface area contributed by atoms with Crippen molar-refractivity contribution < 1.29 is 14.7 Å². The van der Waals surface area contributed by atoms with Gasteiger partial charge in [-0.15, -0.1) is 0 Å². The van der Waals surface area contributed by atoms with E-state index >= 15 is 0 Å². The Balaban J connectivity index is 1.99. The van der Waals surface area contributed by atoms with Gasteiger partial charge in [-0.3, -0.25) is 14.6 Å². The van der Waals surface area contributed by atoms with Crippen LogP contribution in [-0.4, -0.2) is 57.8 Å². The number of likely N-dealkylation sites (tertiary alicyclic amines) is 1. The first-order valence-corrected chi connectivity index (χ1v) is 10.5. The SMILES string of the molecule is CCN(CC)CCCN1C(=O)C(=O)/C(=C(/O)c2ccc(Cl)cc2)[C@@H]1c1ccccn1. The summed E-state index contributed by atoms with van der Waals surface area (Å²) >= 11 is 5.94. The molecule has 1 aromatic heterocycles. The Morgan fingerprint density at radius 2 is 1.83 bits per heavy atom. The number of nitrogens with zero attached hydrogens (tertiary/aromatic N) is 3. The zero-order chi connectivity index (χ0) is 21.7. The highest BCUT2D eigenvalue weighted by Crippen LogP contribution is 2.38. The van der Waals surface area contributed by atoms with Crippen molar-refractivity contribution >= 4 is 29.1 Å². The minimum atomic E-state index is -0.724. The first-order valence-electron chi connectivity index (χ1n) is 10.2. The summed E-state index contributed by atoms with van der Waals surface area (Å²) in [4.78, 5) is 34.0. The molecule has 1 amide bonds. The van der Waals surface area contributed by atoms with Crippen LogP contribution in [0.5, 0.6) is 0 Å². The van der Waals surface area contributed by atoms with Crippen LogP contribution in [-0.2, 0) is 9.59 Å². The molecule has 1 atom stereocenters. The van der Waals surface area contributed by atoms with Gasteiger partial charge in [-0.2, -0.15) is 0 Å². The molecule has 1 N–H and O–H groups in total. The van der Waals surface area contributed by atoms with Crippen molar-refractivity contribution in [1.29, 1.82) is 0 Å². The van der Waals surface area contributed by atoms with Crippen molar-refractivity contribution in [2.75, 3.05) is 26.2 Å². The monoisotopic (exact) mass is 427 g/mol. The van der Waals surface area contributed by atoms with Crippen molar-refractivity contribution in [2.45, 2.75) is 26.3 Å². The number of aromatic nitrogens is 1. The number of hydrogen-bond donors (Lipinski definition) is 1. The summed E-state index contributed by atoms with van der Waals surface area (Å²) < 4.78 is 0. The van der Waals surface area contributed by atoms with E-state index in [1.165, 1.54) is 4.90 Å². The average Bonchev–Trinajstić information content (AvgIpc) is 3.02. The fourth-order valence-electron chi connectivity index (χ4n) is 3.72. The smallest absolute Gasteiger partial charge is 0.295 e. The topological polar surface area (TPSA) is 73.7 Å². The third-order valence-electron chi connectivity index (χ3n) is 5.39. The van der Waals surface area contributed by atoms with Gasteiger partial charge in [0.2, 0.25) is 0 Å². The number of aliphatic hydroxyl groups is 1. The molecule has 2 heterocycles. The molecule has 2 aromatic rings. The van der Waals surface area contributed by atoms with E-state index in [1.54, 1.807) is 48.7 Å². The number of ketones is 1. The van der Waals surface area contributed by atoms with E-state index in [4.69, 9.17) is 11.6 Å². The molecule has 7 heteroatoms. The van der Waals surface area contributed by atoms with Gasteiger partial charge in [-0.05, 0) is 62.5 Å². The quantitative estimate of drug-likeness (QED) is 0.393. The number of pyridine rings is 1. The van der Waals surface area contributed by atoms with E-state index in [0.29, 0.717) is 22.8 Å². The predicted molar refractivity (Wildman–Crippen MR) is 117 cm³/mol. The Morgan fingerprint density at radius 1 is 1.13 bits per heavy atom. The highest BCUT2D eigenvalue weighted by atomic mass is 35.5. The summed E-state index contributed by atoms with van der Waals surface area (Å²) in [5.74, 6) is -1.52. The van der Waals surface area contributed by atoms with Crippen molar-refractivity contribution in [3.8, 4) is 0 Å². The number of Topliss-reactive ketones (excluding diaryl/α,β-unsaturated/α-hetero) is 1. The lowest BCUT2D eigenvalue weighted by atomic mass is 9.98. The van der Waals surface area contributed by atoms with Crippen LogP contribution in [0.3, 0.4) is 0 Å². The number of rotatable bonds is 8. The largest absolute Gasteiger partial charge is 0.507 e. The molecule has 1 aliphatic heterocycles. The van der Waals surface area contributed by atoms with Crippen molar-refractivity contribution in [1.82, 2.24) is 14.8 Å². The number of carbonyl (C=O) groups is 2. The Morgan fingerprint density at radius 3 is 2.43 bits per heavy atom. The maximum atomic E-state index is 12.9. The summed E-state index contributed by atoms with van der Waals surface area (Å²) in [6.45, 7) is 7.26. The maximum Gasteiger partial charge on any atom is 0.295 e. The minimum absolute atomic E-state index is 0.0591.